The number of aliphatic imine (C=N–C) groups is 1. The fraction of sp³-hybridized carbons (Fsp3) is 0.176. The molecule has 8 heteroatoms. The Bertz CT molecular complexity index is 954. The zero-order valence-corrected chi connectivity index (χ0v) is 13.8. The molecule has 3 N–H and O–H groups in total. The lowest BCUT2D eigenvalue weighted by atomic mass is 10.1. The molecule has 0 saturated heterocycles. The van der Waals surface area contributed by atoms with Gasteiger partial charge in [-0.05, 0) is 31.5 Å². The molecular formula is C17H17N5O3. The minimum Gasteiger partial charge on any atom is -0.462 e. The van der Waals surface area contributed by atoms with Gasteiger partial charge >= 0.3 is 5.97 Å². The largest absolute Gasteiger partial charge is 0.462 e. The highest BCUT2D eigenvalue weighted by molar-refractivity contribution is 6.02. The molecule has 25 heavy (non-hydrogen) atoms. The van der Waals surface area contributed by atoms with E-state index in [0.29, 0.717) is 29.2 Å². The lowest BCUT2D eigenvalue weighted by molar-refractivity contribution is 0.0526. The summed E-state index contributed by atoms with van der Waals surface area (Å²) in [5.74, 6) is 0.214. The van der Waals surface area contributed by atoms with Crippen molar-refractivity contribution in [2.24, 2.45) is 4.99 Å². The maximum Gasteiger partial charge on any atom is 0.339 e. The number of aromatic amines is 2. The van der Waals surface area contributed by atoms with Crippen molar-refractivity contribution in [2.45, 2.75) is 13.8 Å². The zero-order chi connectivity index (χ0) is 17.8. The Hall–Kier alpha value is -3.42. The highest BCUT2D eigenvalue weighted by Gasteiger charge is 2.20. The first-order valence-electron chi connectivity index (χ1n) is 7.67. The second-order valence-electron chi connectivity index (χ2n) is 5.17. The minimum absolute atomic E-state index is 0.166. The predicted octanol–water partition coefficient (Wildman–Crippen LogP) is 2.81. The van der Waals surface area contributed by atoms with E-state index < -0.39 is 5.97 Å². The number of esters is 1. The van der Waals surface area contributed by atoms with E-state index in [0.717, 1.165) is 17.4 Å². The summed E-state index contributed by atoms with van der Waals surface area (Å²) in [5.41, 5.74) is 2.28. The third kappa shape index (κ3) is 3.27. The van der Waals surface area contributed by atoms with Crippen molar-refractivity contribution in [2.75, 3.05) is 6.61 Å². The van der Waals surface area contributed by atoms with E-state index in [-0.39, 0.29) is 5.90 Å². The van der Waals surface area contributed by atoms with Gasteiger partial charge in [-0.25, -0.2) is 14.8 Å². The van der Waals surface area contributed by atoms with Crippen LogP contribution in [-0.2, 0) is 4.74 Å². The smallest absolute Gasteiger partial charge is 0.339 e. The molecule has 0 atom stereocenters. The first-order chi connectivity index (χ1) is 12.1. The van der Waals surface area contributed by atoms with E-state index in [9.17, 15) is 4.79 Å². The van der Waals surface area contributed by atoms with Gasteiger partial charge in [0.05, 0.1) is 18.4 Å². The van der Waals surface area contributed by atoms with E-state index in [1.807, 2.05) is 12.1 Å². The molecule has 0 spiro atoms. The van der Waals surface area contributed by atoms with Crippen molar-refractivity contribution < 1.29 is 14.3 Å². The van der Waals surface area contributed by atoms with Crippen LogP contribution in [0.4, 0.5) is 0 Å². The van der Waals surface area contributed by atoms with Crippen molar-refractivity contribution in [3.63, 3.8) is 0 Å². The van der Waals surface area contributed by atoms with Crippen molar-refractivity contribution in [3.05, 3.63) is 47.5 Å². The van der Waals surface area contributed by atoms with E-state index >= 15 is 0 Å². The standard InChI is InChI=1S/C17H17N5O3/c1-3-24-17(23)13-8-20-14(10(13)2)16(22-9-18)25-12-6-11-4-5-19-15(11)21-7-12/h4-9,18,20H,3H2,1-2H3,(H,19,21)/b18-9?,22-16+. The molecule has 0 aliphatic rings. The average Bonchev–Trinajstić information content (AvgIpc) is 3.20. The molecule has 3 aromatic rings. The maximum atomic E-state index is 12.0. The Morgan fingerprint density at radius 2 is 2.28 bits per heavy atom. The summed E-state index contributed by atoms with van der Waals surface area (Å²) >= 11 is 0. The van der Waals surface area contributed by atoms with Crippen LogP contribution < -0.4 is 4.74 Å². The summed E-state index contributed by atoms with van der Waals surface area (Å²) in [4.78, 5) is 26.1. The Kier molecular flexibility index (Phi) is 4.60. The Morgan fingerprint density at radius 3 is 3.04 bits per heavy atom. The number of fused-ring (bicyclic) bond motifs is 1. The highest BCUT2D eigenvalue weighted by atomic mass is 16.5. The normalized spacial score (nSPS) is 11.5. The Morgan fingerprint density at radius 1 is 1.44 bits per heavy atom. The number of nitrogens with one attached hydrogen (secondary N) is 3. The van der Waals surface area contributed by atoms with E-state index in [4.69, 9.17) is 14.9 Å². The first kappa shape index (κ1) is 16.4. The van der Waals surface area contributed by atoms with Crippen LogP contribution in [-0.4, -0.2) is 39.8 Å². The number of aromatic nitrogens is 3. The molecule has 0 unspecified atom stereocenters. The Balaban J connectivity index is 1.92. The fourth-order valence-electron chi connectivity index (χ4n) is 2.43. The SMILES string of the molecule is CCOC(=O)c1c[nH]c(/C(=N\C=N)Oc2cnc3[nH]ccc3c2)c1C. The third-order valence-corrected chi connectivity index (χ3v) is 3.62. The average molecular weight is 339 g/mol. The molecule has 0 aliphatic heterocycles. The molecule has 3 aromatic heterocycles. The van der Waals surface area contributed by atoms with Gasteiger partial charge < -0.3 is 19.4 Å². The van der Waals surface area contributed by atoms with Crippen molar-refractivity contribution in [3.8, 4) is 5.75 Å². The van der Waals surface area contributed by atoms with Gasteiger partial charge in [-0.1, -0.05) is 0 Å². The quantitative estimate of drug-likeness (QED) is 0.376. The van der Waals surface area contributed by atoms with E-state index in [2.05, 4.69) is 19.9 Å². The number of hydrogen-bond acceptors (Lipinski definition) is 5. The van der Waals surface area contributed by atoms with Gasteiger partial charge in [-0.2, -0.15) is 0 Å². The van der Waals surface area contributed by atoms with Gasteiger partial charge in [0.1, 0.15) is 23.4 Å². The number of carbonyl (C=O) groups is 1. The third-order valence-electron chi connectivity index (χ3n) is 3.62. The maximum absolute atomic E-state index is 12.0. The minimum atomic E-state index is -0.424. The van der Waals surface area contributed by atoms with Gasteiger partial charge in [0.15, 0.2) is 0 Å². The Labute approximate surface area is 143 Å². The molecule has 0 fully saturated rings. The first-order valence-corrected chi connectivity index (χ1v) is 7.67. The molecule has 128 valence electrons. The summed E-state index contributed by atoms with van der Waals surface area (Å²) in [6.45, 7) is 3.80. The summed E-state index contributed by atoms with van der Waals surface area (Å²) in [6.07, 6.45) is 5.76. The van der Waals surface area contributed by atoms with Crippen LogP contribution in [0.1, 0.15) is 28.5 Å². The molecule has 8 nitrogen and oxygen atoms in total. The van der Waals surface area contributed by atoms with Crippen LogP contribution in [0.2, 0.25) is 0 Å². The summed E-state index contributed by atoms with van der Waals surface area (Å²) in [5, 5.41) is 8.15. The second kappa shape index (κ2) is 7.00. The molecule has 0 bridgehead atoms. The number of ether oxygens (including phenoxy) is 2. The summed E-state index contributed by atoms with van der Waals surface area (Å²) < 4.78 is 10.8. The van der Waals surface area contributed by atoms with Crippen molar-refractivity contribution >= 4 is 29.2 Å². The van der Waals surface area contributed by atoms with Gasteiger partial charge in [0.25, 0.3) is 0 Å². The number of H-pyrrole nitrogens is 2. The van der Waals surface area contributed by atoms with Crippen LogP contribution in [0, 0.1) is 12.3 Å². The van der Waals surface area contributed by atoms with Crippen LogP contribution >= 0.6 is 0 Å². The lowest BCUT2D eigenvalue weighted by Crippen LogP contribution is -2.13. The van der Waals surface area contributed by atoms with E-state index in [1.165, 1.54) is 0 Å². The van der Waals surface area contributed by atoms with Crippen LogP contribution in [0.15, 0.2) is 35.7 Å². The molecule has 0 aromatic carbocycles. The molecule has 0 aliphatic carbocycles. The van der Waals surface area contributed by atoms with Gasteiger partial charge in [0.2, 0.25) is 5.90 Å². The predicted molar refractivity (Wildman–Crippen MR) is 93.5 cm³/mol. The van der Waals surface area contributed by atoms with E-state index in [1.54, 1.807) is 32.4 Å². The second-order valence-corrected chi connectivity index (χ2v) is 5.17. The van der Waals surface area contributed by atoms with Crippen LogP contribution in [0.25, 0.3) is 11.0 Å². The fourth-order valence-corrected chi connectivity index (χ4v) is 2.43. The monoisotopic (exact) mass is 339 g/mol. The number of carbonyl (C=O) groups excluding carboxylic acids is 1. The lowest BCUT2D eigenvalue weighted by Gasteiger charge is -2.08. The molecule has 3 heterocycles. The number of nitrogens with zero attached hydrogens (tertiary/aromatic N) is 2. The van der Waals surface area contributed by atoms with Crippen molar-refractivity contribution in [1.29, 1.82) is 5.41 Å². The molecule has 0 amide bonds. The molecule has 0 saturated carbocycles. The number of rotatable bonds is 5. The van der Waals surface area contributed by atoms with Crippen LogP contribution in [0.5, 0.6) is 5.75 Å². The van der Waals surface area contributed by atoms with Crippen LogP contribution in [0.3, 0.4) is 0 Å². The number of hydrogen-bond donors (Lipinski definition) is 3. The topological polar surface area (TPSA) is 116 Å². The highest BCUT2D eigenvalue weighted by Crippen LogP contribution is 2.20. The summed E-state index contributed by atoms with van der Waals surface area (Å²) in [6, 6.07) is 3.68. The molecule has 0 radical (unpaired) electrons. The zero-order valence-electron chi connectivity index (χ0n) is 13.8. The van der Waals surface area contributed by atoms with Gasteiger partial charge in [-0.15, -0.1) is 0 Å². The number of pyridine rings is 1. The van der Waals surface area contributed by atoms with Gasteiger partial charge in [-0.3, -0.25) is 5.41 Å². The molecule has 3 rings (SSSR count). The van der Waals surface area contributed by atoms with Gasteiger partial charge in [0, 0.05) is 17.8 Å². The molecular weight excluding hydrogens is 322 g/mol. The van der Waals surface area contributed by atoms with Crippen molar-refractivity contribution in [1.82, 2.24) is 15.0 Å². The summed E-state index contributed by atoms with van der Waals surface area (Å²) in [7, 11) is 0.